The fraction of sp³-hybridized carbons (Fsp3) is 0. The number of nitriles is 1. The van der Waals surface area contributed by atoms with Gasteiger partial charge in [0.25, 0.3) is 0 Å². The van der Waals surface area contributed by atoms with Gasteiger partial charge in [-0.2, -0.15) is 5.26 Å². The summed E-state index contributed by atoms with van der Waals surface area (Å²) in [5, 5.41) is 28.5. The fourth-order valence-corrected chi connectivity index (χ4v) is 2.41. The molecule has 0 bridgehead atoms. The molecule has 24 heavy (non-hydrogen) atoms. The van der Waals surface area contributed by atoms with Crippen molar-refractivity contribution in [2.45, 2.75) is 0 Å². The van der Waals surface area contributed by atoms with Gasteiger partial charge in [0.15, 0.2) is 11.5 Å². The monoisotopic (exact) mass is 321 g/mol. The Bertz CT molecular complexity index is 980. The van der Waals surface area contributed by atoms with Crippen LogP contribution in [0.25, 0.3) is 22.4 Å². The number of aromatic nitrogens is 1. The lowest BCUT2D eigenvalue weighted by Gasteiger charge is -2.11. The first-order valence-electron chi connectivity index (χ1n) is 6.99. The molecule has 0 amide bonds. The molecule has 5 nitrogen and oxygen atoms in total. The predicted molar refractivity (Wildman–Crippen MR) is 87.5 cm³/mol. The summed E-state index contributed by atoms with van der Waals surface area (Å²) >= 11 is 0. The lowest BCUT2D eigenvalue weighted by atomic mass is 9.98. The van der Waals surface area contributed by atoms with Crippen molar-refractivity contribution in [3.8, 4) is 40.0 Å². The molecule has 118 valence electrons. The summed E-state index contributed by atoms with van der Waals surface area (Å²) in [5.74, 6) is -1.12. The van der Waals surface area contributed by atoms with E-state index in [1.807, 2.05) is 6.07 Å². The van der Waals surface area contributed by atoms with Crippen LogP contribution in [0.15, 0.2) is 48.5 Å². The number of halogens is 1. The number of aromatic hydroxyl groups is 2. The van der Waals surface area contributed by atoms with Gasteiger partial charge in [0.2, 0.25) is 0 Å². The zero-order chi connectivity index (χ0) is 17.3. The van der Waals surface area contributed by atoms with E-state index in [0.717, 1.165) is 0 Å². The highest BCUT2D eigenvalue weighted by Crippen LogP contribution is 2.35. The Morgan fingerprint density at radius 2 is 1.75 bits per heavy atom. The topological polar surface area (TPSA) is 103 Å². The van der Waals surface area contributed by atoms with E-state index >= 15 is 0 Å². The van der Waals surface area contributed by atoms with Crippen molar-refractivity contribution in [3.63, 3.8) is 0 Å². The molecule has 3 aromatic rings. The SMILES string of the molecule is N#Cc1c(-c2ccc(O)c(O)c2)cc(-c2ccccc2F)nc1N. The molecule has 0 aliphatic heterocycles. The van der Waals surface area contributed by atoms with E-state index in [1.54, 1.807) is 18.2 Å². The summed E-state index contributed by atoms with van der Waals surface area (Å²) < 4.78 is 14.0. The highest BCUT2D eigenvalue weighted by atomic mass is 19.1. The van der Waals surface area contributed by atoms with Crippen LogP contribution in [-0.2, 0) is 0 Å². The molecule has 3 rings (SSSR count). The van der Waals surface area contributed by atoms with Crippen LogP contribution in [0.5, 0.6) is 11.5 Å². The standard InChI is InChI=1S/C18H12FN3O2/c19-14-4-2-1-3-11(14)15-8-12(13(9-20)18(21)22-15)10-5-6-16(23)17(24)7-10/h1-8,23-24H,(H2,21,22). The fourth-order valence-electron chi connectivity index (χ4n) is 2.41. The molecule has 1 heterocycles. The summed E-state index contributed by atoms with van der Waals surface area (Å²) in [5.41, 5.74) is 7.33. The maximum atomic E-state index is 14.0. The molecule has 0 fully saturated rings. The highest BCUT2D eigenvalue weighted by Gasteiger charge is 2.16. The van der Waals surface area contributed by atoms with Gasteiger partial charge in [-0.15, -0.1) is 0 Å². The van der Waals surface area contributed by atoms with E-state index < -0.39 is 5.82 Å². The normalized spacial score (nSPS) is 10.3. The van der Waals surface area contributed by atoms with Crippen LogP contribution in [0, 0.1) is 17.1 Å². The largest absolute Gasteiger partial charge is 0.504 e. The molecule has 2 aromatic carbocycles. The van der Waals surface area contributed by atoms with Crippen LogP contribution in [0.3, 0.4) is 0 Å². The van der Waals surface area contributed by atoms with Crippen molar-refractivity contribution in [3.05, 3.63) is 59.9 Å². The average Bonchev–Trinajstić information content (AvgIpc) is 2.57. The van der Waals surface area contributed by atoms with E-state index in [9.17, 15) is 19.9 Å². The second kappa shape index (κ2) is 5.89. The lowest BCUT2D eigenvalue weighted by Crippen LogP contribution is -2.00. The molecule has 0 saturated heterocycles. The van der Waals surface area contributed by atoms with Crippen LogP contribution in [0.4, 0.5) is 10.2 Å². The van der Waals surface area contributed by atoms with E-state index in [1.165, 1.54) is 30.3 Å². The third-order valence-corrected chi connectivity index (χ3v) is 3.60. The van der Waals surface area contributed by atoms with Gasteiger partial charge in [0.05, 0.1) is 5.69 Å². The number of benzene rings is 2. The minimum absolute atomic E-state index is 0.0409. The number of hydrogen-bond donors (Lipinski definition) is 3. The molecular weight excluding hydrogens is 309 g/mol. The number of nitrogen functional groups attached to an aromatic ring is 1. The Balaban J connectivity index is 2.27. The first kappa shape index (κ1) is 15.3. The second-order valence-corrected chi connectivity index (χ2v) is 5.11. The Hall–Kier alpha value is -3.59. The number of rotatable bonds is 2. The number of phenols is 2. The molecule has 0 aliphatic rings. The molecule has 0 spiro atoms. The summed E-state index contributed by atoms with van der Waals surface area (Å²) in [6.45, 7) is 0. The second-order valence-electron chi connectivity index (χ2n) is 5.11. The molecular formula is C18H12FN3O2. The van der Waals surface area contributed by atoms with Crippen molar-refractivity contribution in [1.29, 1.82) is 5.26 Å². The number of phenolic OH excluding ortho intramolecular Hbond substituents is 2. The van der Waals surface area contributed by atoms with Crippen molar-refractivity contribution in [1.82, 2.24) is 4.98 Å². The Morgan fingerprint density at radius 3 is 2.42 bits per heavy atom. The molecule has 0 atom stereocenters. The molecule has 0 unspecified atom stereocenters. The third kappa shape index (κ3) is 2.59. The van der Waals surface area contributed by atoms with Gasteiger partial charge in [0, 0.05) is 11.1 Å². The van der Waals surface area contributed by atoms with Gasteiger partial charge < -0.3 is 15.9 Å². The van der Waals surface area contributed by atoms with E-state index in [0.29, 0.717) is 11.1 Å². The first-order valence-corrected chi connectivity index (χ1v) is 6.99. The maximum absolute atomic E-state index is 14.0. The number of pyridine rings is 1. The van der Waals surface area contributed by atoms with E-state index in [-0.39, 0.29) is 34.1 Å². The van der Waals surface area contributed by atoms with Crippen LogP contribution >= 0.6 is 0 Å². The molecule has 0 saturated carbocycles. The Kier molecular flexibility index (Phi) is 3.76. The van der Waals surface area contributed by atoms with Gasteiger partial charge in [-0.1, -0.05) is 18.2 Å². The highest BCUT2D eigenvalue weighted by molar-refractivity contribution is 5.81. The Labute approximate surface area is 137 Å². The molecule has 4 N–H and O–H groups in total. The first-order chi connectivity index (χ1) is 11.5. The summed E-state index contributed by atoms with van der Waals surface area (Å²) in [7, 11) is 0. The lowest BCUT2D eigenvalue weighted by molar-refractivity contribution is 0.404. The van der Waals surface area contributed by atoms with Crippen molar-refractivity contribution in [2.24, 2.45) is 0 Å². The quantitative estimate of drug-likeness (QED) is 0.627. The van der Waals surface area contributed by atoms with Crippen LogP contribution in [0.1, 0.15) is 5.56 Å². The molecule has 1 aromatic heterocycles. The molecule has 0 aliphatic carbocycles. The van der Waals surface area contributed by atoms with Crippen LogP contribution in [-0.4, -0.2) is 15.2 Å². The van der Waals surface area contributed by atoms with Gasteiger partial charge in [-0.05, 0) is 35.9 Å². The van der Waals surface area contributed by atoms with Crippen LogP contribution < -0.4 is 5.73 Å². The Morgan fingerprint density at radius 1 is 1.00 bits per heavy atom. The minimum Gasteiger partial charge on any atom is -0.504 e. The van der Waals surface area contributed by atoms with Crippen molar-refractivity contribution in [2.75, 3.05) is 5.73 Å². The summed E-state index contributed by atoms with van der Waals surface area (Å²) in [4.78, 5) is 4.10. The van der Waals surface area contributed by atoms with Crippen molar-refractivity contribution < 1.29 is 14.6 Å². The zero-order valence-electron chi connectivity index (χ0n) is 12.4. The smallest absolute Gasteiger partial charge is 0.158 e. The average molecular weight is 321 g/mol. The summed E-state index contributed by atoms with van der Waals surface area (Å²) in [6.07, 6.45) is 0. The zero-order valence-corrected chi connectivity index (χ0v) is 12.4. The van der Waals surface area contributed by atoms with E-state index in [4.69, 9.17) is 5.73 Å². The number of nitrogens with two attached hydrogens (primary N) is 1. The maximum Gasteiger partial charge on any atom is 0.158 e. The van der Waals surface area contributed by atoms with Gasteiger partial charge in [-0.25, -0.2) is 9.37 Å². The van der Waals surface area contributed by atoms with Crippen LogP contribution in [0.2, 0.25) is 0 Å². The molecule has 6 heteroatoms. The van der Waals surface area contributed by atoms with Gasteiger partial charge in [0.1, 0.15) is 23.3 Å². The van der Waals surface area contributed by atoms with Gasteiger partial charge in [-0.3, -0.25) is 0 Å². The minimum atomic E-state index is -0.464. The number of nitrogens with zero attached hydrogens (tertiary/aromatic N) is 2. The van der Waals surface area contributed by atoms with E-state index in [2.05, 4.69) is 4.98 Å². The number of anilines is 1. The number of hydrogen-bond acceptors (Lipinski definition) is 5. The molecule has 0 radical (unpaired) electrons. The summed E-state index contributed by atoms with van der Waals surface area (Å²) in [6, 6.07) is 13.7. The van der Waals surface area contributed by atoms with Crippen molar-refractivity contribution >= 4 is 5.82 Å². The van der Waals surface area contributed by atoms with Gasteiger partial charge >= 0.3 is 0 Å². The third-order valence-electron chi connectivity index (χ3n) is 3.60. The predicted octanol–water partition coefficient (Wildman–Crippen LogP) is 3.42.